The normalized spacial score (nSPS) is 14.3. The summed E-state index contributed by atoms with van der Waals surface area (Å²) >= 11 is 0. The van der Waals surface area contributed by atoms with E-state index in [0.29, 0.717) is 50.4 Å². The van der Waals surface area contributed by atoms with Crippen LogP contribution < -0.4 is 5.32 Å². The molecule has 2 heterocycles. The summed E-state index contributed by atoms with van der Waals surface area (Å²) in [5, 5.41) is 6.76. The Morgan fingerprint density at radius 3 is 2.62 bits per heavy atom. The predicted octanol–water partition coefficient (Wildman–Crippen LogP) is 2.34. The van der Waals surface area contributed by atoms with E-state index in [1.807, 2.05) is 13.8 Å². The minimum Gasteiger partial charge on any atom is -0.378 e. The second kappa shape index (κ2) is 8.14. The van der Waals surface area contributed by atoms with Crippen LogP contribution in [0.2, 0.25) is 0 Å². The second-order valence-corrected chi connectivity index (χ2v) is 6.30. The van der Waals surface area contributed by atoms with E-state index in [0.717, 1.165) is 17.0 Å². The van der Waals surface area contributed by atoms with Gasteiger partial charge in [-0.3, -0.25) is 9.59 Å². The van der Waals surface area contributed by atoms with Gasteiger partial charge in [-0.2, -0.15) is 0 Å². The van der Waals surface area contributed by atoms with Crippen LogP contribution in [-0.4, -0.2) is 48.2 Å². The number of nitrogens with zero attached hydrogens (tertiary/aromatic N) is 2. The molecule has 7 nitrogen and oxygen atoms in total. The van der Waals surface area contributed by atoms with Crippen LogP contribution in [0.4, 0.5) is 5.69 Å². The van der Waals surface area contributed by atoms with Crippen molar-refractivity contribution in [3.05, 3.63) is 46.8 Å². The molecule has 3 rings (SSSR count). The quantitative estimate of drug-likeness (QED) is 0.888. The Balaban J connectivity index is 1.66. The maximum Gasteiger partial charge on any atom is 0.256 e. The summed E-state index contributed by atoms with van der Waals surface area (Å²) in [6.07, 6.45) is 0.843. The van der Waals surface area contributed by atoms with Crippen LogP contribution >= 0.6 is 0 Å². The Bertz CT molecular complexity index is 774. The first-order chi connectivity index (χ1) is 12.6. The molecular formula is C19H23N3O4. The van der Waals surface area contributed by atoms with Gasteiger partial charge >= 0.3 is 0 Å². The average molecular weight is 357 g/mol. The van der Waals surface area contributed by atoms with Crippen LogP contribution in [0.5, 0.6) is 0 Å². The Labute approximate surface area is 152 Å². The minimum atomic E-state index is -0.146. The van der Waals surface area contributed by atoms with Gasteiger partial charge in [-0.05, 0) is 32.4 Å². The summed E-state index contributed by atoms with van der Waals surface area (Å²) < 4.78 is 10.4. The van der Waals surface area contributed by atoms with Crippen molar-refractivity contribution < 1.29 is 18.8 Å². The maximum absolute atomic E-state index is 12.7. The third-order valence-electron chi connectivity index (χ3n) is 4.51. The number of morpholine rings is 1. The lowest BCUT2D eigenvalue weighted by molar-refractivity contribution is -0.116. The largest absolute Gasteiger partial charge is 0.378 e. The molecule has 0 bridgehead atoms. The molecule has 1 aliphatic heterocycles. The van der Waals surface area contributed by atoms with Gasteiger partial charge in [-0.15, -0.1) is 0 Å². The summed E-state index contributed by atoms with van der Waals surface area (Å²) in [6, 6.07) is 7.09. The van der Waals surface area contributed by atoms with E-state index < -0.39 is 0 Å². The molecular weight excluding hydrogens is 334 g/mol. The smallest absolute Gasteiger partial charge is 0.256 e. The molecule has 1 fully saturated rings. The summed E-state index contributed by atoms with van der Waals surface area (Å²) in [5.74, 6) is 0.500. The number of hydrogen-bond acceptors (Lipinski definition) is 5. The number of rotatable bonds is 5. The Hall–Kier alpha value is -2.67. The number of carbonyl (C=O) groups is 2. The number of nitrogens with one attached hydrogen (secondary N) is 1. The maximum atomic E-state index is 12.7. The first kappa shape index (κ1) is 18.1. The molecule has 1 aromatic heterocycles. The molecule has 0 saturated carbocycles. The van der Waals surface area contributed by atoms with E-state index in [1.54, 1.807) is 29.2 Å². The van der Waals surface area contributed by atoms with Gasteiger partial charge in [0.2, 0.25) is 5.91 Å². The lowest BCUT2D eigenvalue weighted by atomic mass is 10.1. The Kier molecular flexibility index (Phi) is 5.68. The number of aromatic nitrogens is 1. The molecule has 0 atom stereocenters. The molecule has 0 radical (unpaired) electrons. The molecule has 0 unspecified atom stereocenters. The second-order valence-electron chi connectivity index (χ2n) is 6.30. The first-order valence-electron chi connectivity index (χ1n) is 8.74. The van der Waals surface area contributed by atoms with Gasteiger partial charge in [-0.25, -0.2) is 0 Å². The molecule has 0 spiro atoms. The van der Waals surface area contributed by atoms with E-state index in [2.05, 4.69) is 10.5 Å². The van der Waals surface area contributed by atoms with E-state index >= 15 is 0 Å². The Morgan fingerprint density at radius 2 is 1.92 bits per heavy atom. The van der Waals surface area contributed by atoms with Crippen molar-refractivity contribution in [2.75, 3.05) is 31.6 Å². The van der Waals surface area contributed by atoms with Gasteiger partial charge in [0.25, 0.3) is 5.91 Å². The third kappa shape index (κ3) is 4.11. The van der Waals surface area contributed by atoms with Crippen LogP contribution in [0, 0.1) is 13.8 Å². The van der Waals surface area contributed by atoms with Crippen molar-refractivity contribution in [1.29, 1.82) is 0 Å². The number of benzene rings is 1. The lowest BCUT2D eigenvalue weighted by Gasteiger charge is -2.27. The number of amides is 2. The van der Waals surface area contributed by atoms with Crippen molar-refractivity contribution in [2.45, 2.75) is 26.7 Å². The van der Waals surface area contributed by atoms with Crippen LogP contribution in [0.1, 0.15) is 33.8 Å². The fraction of sp³-hybridized carbons (Fsp3) is 0.421. The molecule has 2 aromatic rings. The fourth-order valence-corrected chi connectivity index (χ4v) is 3.03. The first-order valence-corrected chi connectivity index (χ1v) is 8.74. The highest BCUT2D eigenvalue weighted by atomic mass is 16.5. The molecule has 1 N–H and O–H groups in total. The summed E-state index contributed by atoms with van der Waals surface area (Å²) in [7, 11) is 0. The van der Waals surface area contributed by atoms with Gasteiger partial charge in [0.1, 0.15) is 5.76 Å². The van der Waals surface area contributed by atoms with E-state index in [9.17, 15) is 9.59 Å². The number of ether oxygens (including phenoxy) is 1. The van der Waals surface area contributed by atoms with Crippen LogP contribution in [-0.2, 0) is 16.0 Å². The van der Waals surface area contributed by atoms with Crippen molar-refractivity contribution >= 4 is 17.5 Å². The monoisotopic (exact) mass is 357 g/mol. The molecule has 7 heteroatoms. The van der Waals surface area contributed by atoms with Crippen molar-refractivity contribution in [3.63, 3.8) is 0 Å². The van der Waals surface area contributed by atoms with Crippen LogP contribution in [0.3, 0.4) is 0 Å². The zero-order chi connectivity index (χ0) is 18.5. The Morgan fingerprint density at radius 1 is 1.19 bits per heavy atom. The highest BCUT2D eigenvalue weighted by Crippen LogP contribution is 2.19. The standard InChI is InChI=1S/C19H23N3O4/c1-13-15(14(2)26-21-13)7-8-18(23)20-17-6-4-3-5-16(17)19(24)22-9-11-25-12-10-22/h3-6H,7-12H2,1-2H3,(H,20,23). The number of anilines is 1. The van der Waals surface area contributed by atoms with Gasteiger partial charge in [-0.1, -0.05) is 17.3 Å². The summed E-state index contributed by atoms with van der Waals surface area (Å²) in [4.78, 5) is 26.9. The molecule has 2 amide bonds. The topological polar surface area (TPSA) is 84.7 Å². The van der Waals surface area contributed by atoms with Gasteiger partial charge in [0.15, 0.2) is 0 Å². The SMILES string of the molecule is Cc1noc(C)c1CCC(=O)Nc1ccccc1C(=O)N1CCOCC1. The molecule has 0 aliphatic carbocycles. The van der Waals surface area contributed by atoms with Crippen molar-refractivity contribution in [1.82, 2.24) is 10.1 Å². The van der Waals surface area contributed by atoms with Gasteiger partial charge < -0.3 is 19.5 Å². The van der Waals surface area contributed by atoms with Gasteiger partial charge in [0, 0.05) is 25.1 Å². The zero-order valence-corrected chi connectivity index (χ0v) is 15.1. The van der Waals surface area contributed by atoms with Crippen LogP contribution in [0.15, 0.2) is 28.8 Å². The van der Waals surface area contributed by atoms with E-state index in [4.69, 9.17) is 9.26 Å². The lowest BCUT2D eigenvalue weighted by Crippen LogP contribution is -2.41. The number of para-hydroxylation sites is 1. The van der Waals surface area contributed by atoms with E-state index in [-0.39, 0.29) is 11.8 Å². The molecule has 26 heavy (non-hydrogen) atoms. The van der Waals surface area contributed by atoms with E-state index in [1.165, 1.54) is 0 Å². The number of hydrogen-bond donors (Lipinski definition) is 1. The fourth-order valence-electron chi connectivity index (χ4n) is 3.03. The number of aryl methyl sites for hydroxylation is 2. The molecule has 138 valence electrons. The van der Waals surface area contributed by atoms with Gasteiger partial charge in [0.05, 0.1) is 30.2 Å². The summed E-state index contributed by atoms with van der Waals surface area (Å²) in [6.45, 7) is 5.90. The third-order valence-corrected chi connectivity index (χ3v) is 4.51. The summed E-state index contributed by atoms with van der Waals surface area (Å²) in [5.41, 5.74) is 2.80. The molecule has 1 aliphatic rings. The predicted molar refractivity (Wildman–Crippen MR) is 96.1 cm³/mol. The average Bonchev–Trinajstić information content (AvgIpc) is 2.98. The van der Waals surface area contributed by atoms with Crippen LogP contribution in [0.25, 0.3) is 0 Å². The number of carbonyl (C=O) groups excluding carboxylic acids is 2. The van der Waals surface area contributed by atoms with Crippen molar-refractivity contribution in [2.24, 2.45) is 0 Å². The minimum absolute atomic E-state index is 0.0880. The highest BCUT2D eigenvalue weighted by Gasteiger charge is 2.21. The zero-order valence-electron chi connectivity index (χ0n) is 15.1. The van der Waals surface area contributed by atoms with Crippen molar-refractivity contribution in [3.8, 4) is 0 Å². The molecule has 1 aromatic carbocycles. The molecule has 1 saturated heterocycles. The highest BCUT2D eigenvalue weighted by molar-refractivity contribution is 6.03.